The quantitative estimate of drug-likeness (QED) is 0.738. The fourth-order valence-electron chi connectivity index (χ4n) is 2.24. The number of carbonyl (C=O) groups is 2. The number of benzene rings is 1. The van der Waals surface area contributed by atoms with Crippen LogP contribution in [0.15, 0.2) is 30.3 Å². The second-order valence-corrected chi connectivity index (χ2v) is 4.43. The van der Waals surface area contributed by atoms with Crippen LogP contribution in [0, 0.1) is 0 Å². The highest BCUT2D eigenvalue weighted by Crippen LogP contribution is 2.23. The number of hydrogen-bond donors (Lipinski definition) is 3. The Morgan fingerprint density at radius 1 is 1.28 bits per heavy atom. The predicted octanol–water partition coefficient (Wildman–Crippen LogP) is 1.32. The SMILES string of the molecule is O=C(O)N[C@@H]1CC[C@@H](c2ccccc2)CNC1=O. The van der Waals surface area contributed by atoms with Crippen LogP contribution in [-0.4, -0.2) is 29.7 Å². The van der Waals surface area contributed by atoms with Crippen LogP contribution in [0.25, 0.3) is 0 Å². The molecule has 1 heterocycles. The van der Waals surface area contributed by atoms with Gasteiger partial charge in [-0.1, -0.05) is 30.3 Å². The highest BCUT2D eigenvalue weighted by Gasteiger charge is 2.26. The molecule has 1 aromatic rings. The van der Waals surface area contributed by atoms with Crippen molar-refractivity contribution < 1.29 is 14.7 Å². The maximum atomic E-state index is 11.7. The van der Waals surface area contributed by atoms with Crippen molar-refractivity contribution >= 4 is 12.0 Å². The first kappa shape index (κ1) is 12.4. The molecule has 1 fully saturated rings. The summed E-state index contributed by atoms with van der Waals surface area (Å²) in [5.74, 6) is 0.00609. The molecule has 2 amide bonds. The molecular formula is C13H16N2O3. The number of hydrogen-bond acceptors (Lipinski definition) is 2. The highest BCUT2D eigenvalue weighted by molar-refractivity contribution is 5.85. The molecule has 2 atom stereocenters. The van der Waals surface area contributed by atoms with Gasteiger partial charge < -0.3 is 15.7 Å². The van der Waals surface area contributed by atoms with Crippen molar-refractivity contribution in [3.63, 3.8) is 0 Å². The lowest BCUT2D eigenvalue weighted by atomic mass is 9.94. The van der Waals surface area contributed by atoms with E-state index in [2.05, 4.69) is 10.6 Å². The lowest BCUT2D eigenvalue weighted by Crippen LogP contribution is -2.45. The van der Waals surface area contributed by atoms with Crippen LogP contribution in [-0.2, 0) is 4.79 Å². The average Bonchev–Trinajstić information content (AvgIpc) is 2.54. The van der Waals surface area contributed by atoms with Gasteiger partial charge in [0.2, 0.25) is 5.91 Å². The standard InChI is InChI=1S/C13H16N2O3/c16-12-11(15-13(17)18)7-6-10(8-14-12)9-4-2-1-3-5-9/h1-5,10-11,15H,6-8H2,(H,14,16)(H,17,18)/t10-,11-/m1/s1. The molecule has 1 aromatic carbocycles. The van der Waals surface area contributed by atoms with E-state index in [0.717, 1.165) is 6.42 Å². The van der Waals surface area contributed by atoms with E-state index in [1.54, 1.807) is 0 Å². The summed E-state index contributed by atoms with van der Waals surface area (Å²) < 4.78 is 0. The number of nitrogens with one attached hydrogen (secondary N) is 2. The van der Waals surface area contributed by atoms with Crippen molar-refractivity contribution in [2.75, 3.05) is 6.54 Å². The summed E-state index contributed by atoms with van der Waals surface area (Å²) in [7, 11) is 0. The summed E-state index contributed by atoms with van der Waals surface area (Å²) in [5, 5.41) is 13.7. The third-order valence-corrected chi connectivity index (χ3v) is 3.21. The second kappa shape index (κ2) is 5.53. The molecule has 5 heteroatoms. The molecule has 0 unspecified atom stereocenters. The monoisotopic (exact) mass is 248 g/mol. The van der Waals surface area contributed by atoms with Crippen LogP contribution < -0.4 is 10.6 Å². The van der Waals surface area contributed by atoms with Gasteiger partial charge in [0, 0.05) is 12.5 Å². The molecule has 0 aromatic heterocycles. The minimum absolute atomic E-state index is 0.240. The van der Waals surface area contributed by atoms with Crippen LogP contribution in [0.1, 0.15) is 24.3 Å². The zero-order valence-electron chi connectivity index (χ0n) is 9.93. The summed E-state index contributed by atoms with van der Waals surface area (Å²) in [6, 6.07) is 9.30. The van der Waals surface area contributed by atoms with Gasteiger partial charge in [0.05, 0.1) is 0 Å². The van der Waals surface area contributed by atoms with Crippen molar-refractivity contribution in [2.45, 2.75) is 24.8 Å². The third-order valence-electron chi connectivity index (χ3n) is 3.21. The maximum Gasteiger partial charge on any atom is 0.405 e. The largest absolute Gasteiger partial charge is 0.465 e. The Kier molecular flexibility index (Phi) is 3.82. The third kappa shape index (κ3) is 3.00. The molecule has 96 valence electrons. The Balaban J connectivity index is 2.03. The number of rotatable bonds is 2. The topological polar surface area (TPSA) is 78.4 Å². The van der Waals surface area contributed by atoms with E-state index >= 15 is 0 Å². The normalized spacial score (nSPS) is 23.9. The van der Waals surface area contributed by atoms with E-state index in [-0.39, 0.29) is 11.8 Å². The Morgan fingerprint density at radius 2 is 2.00 bits per heavy atom. The van der Waals surface area contributed by atoms with E-state index in [1.165, 1.54) is 5.56 Å². The van der Waals surface area contributed by atoms with Crippen LogP contribution in [0.2, 0.25) is 0 Å². The second-order valence-electron chi connectivity index (χ2n) is 4.43. The number of amides is 2. The molecule has 18 heavy (non-hydrogen) atoms. The first-order valence-corrected chi connectivity index (χ1v) is 5.99. The molecule has 0 bridgehead atoms. The van der Waals surface area contributed by atoms with Gasteiger partial charge in [0.1, 0.15) is 6.04 Å². The zero-order chi connectivity index (χ0) is 13.0. The van der Waals surface area contributed by atoms with Gasteiger partial charge in [-0.3, -0.25) is 4.79 Å². The van der Waals surface area contributed by atoms with Crippen molar-refractivity contribution in [1.29, 1.82) is 0 Å². The van der Waals surface area contributed by atoms with E-state index in [4.69, 9.17) is 5.11 Å². The summed E-state index contributed by atoms with van der Waals surface area (Å²) in [4.78, 5) is 22.3. The Bertz CT molecular complexity index is 433. The summed E-state index contributed by atoms with van der Waals surface area (Å²) in [5.41, 5.74) is 1.17. The molecule has 0 aliphatic carbocycles. The molecule has 1 aliphatic heterocycles. The molecule has 1 aliphatic rings. The van der Waals surface area contributed by atoms with Gasteiger partial charge in [-0.25, -0.2) is 4.79 Å². The summed E-state index contributed by atoms with van der Waals surface area (Å²) in [6.07, 6.45) is 0.152. The van der Waals surface area contributed by atoms with E-state index in [1.807, 2.05) is 30.3 Å². The summed E-state index contributed by atoms with van der Waals surface area (Å²) in [6.45, 7) is 0.556. The number of carbonyl (C=O) groups excluding carboxylic acids is 1. The molecule has 0 radical (unpaired) electrons. The Labute approximate surface area is 105 Å². The fraction of sp³-hybridized carbons (Fsp3) is 0.385. The lowest BCUT2D eigenvalue weighted by Gasteiger charge is -2.13. The van der Waals surface area contributed by atoms with Crippen LogP contribution >= 0.6 is 0 Å². The van der Waals surface area contributed by atoms with Gasteiger partial charge in [-0.2, -0.15) is 0 Å². The summed E-state index contributed by atoms with van der Waals surface area (Å²) >= 11 is 0. The van der Waals surface area contributed by atoms with Gasteiger partial charge in [-0.05, 0) is 18.4 Å². The molecule has 0 saturated carbocycles. The van der Waals surface area contributed by atoms with Gasteiger partial charge in [-0.15, -0.1) is 0 Å². The van der Waals surface area contributed by atoms with Crippen LogP contribution in [0.4, 0.5) is 4.79 Å². The first-order chi connectivity index (χ1) is 8.66. The molecule has 2 rings (SSSR count). The van der Waals surface area contributed by atoms with Crippen molar-refractivity contribution in [1.82, 2.24) is 10.6 Å². The smallest absolute Gasteiger partial charge is 0.405 e. The molecule has 5 nitrogen and oxygen atoms in total. The van der Waals surface area contributed by atoms with E-state index < -0.39 is 12.1 Å². The minimum Gasteiger partial charge on any atom is -0.465 e. The van der Waals surface area contributed by atoms with Crippen molar-refractivity contribution in [2.24, 2.45) is 0 Å². The van der Waals surface area contributed by atoms with E-state index in [9.17, 15) is 9.59 Å². The predicted molar refractivity (Wildman–Crippen MR) is 66.4 cm³/mol. The van der Waals surface area contributed by atoms with Gasteiger partial charge >= 0.3 is 6.09 Å². The molecule has 1 saturated heterocycles. The minimum atomic E-state index is -1.16. The van der Waals surface area contributed by atoms with Gasteiger partial charge in [0.15, 0.2) is 0 Å². The average molecular weight is 248 g/mol. The van der Waals surface area contributed by atoms with Crippen molar-refractivity contribution in [3.8, 4) is 0 Å². The fourth-order valence-corrected chi connectivity index (χ4v) is 2.24. The molecular weight excluding hydrogens is 232 g/mol. The Hall–Kier alpha value is -2.04. The lowest BCUT2D eigenvalue weighted by molar-refractivity contribution is -0.122. The Morgan fingerprint density at radius 3 is 2.67 bits per heavy atom. The number of carboxylic acid groups (broad SMARTS) is 1. The maximum absolute atomic E-state index is 11.7. The molecule has 3 N–H and O–H groups in total. The van der Waals surface area contributed by atoms with Gasteiger partial charge in [0.25, 0.3) is 0 Å². The molecule has 0 spiro atoms. The van der Waals surface area contributed by atoms with Crippen molar-refractivity contribution in [3.05, 3.63) is 35.9 Å². The van der Waals surface area contributed by atoms with Crippen LogP contribution in [0.3, 0.4) is 0 Å². The zero-order valence-corrected chi connectivity index (χ0v) is 9.93. The highest BCUT2D eigenvalue weighted by atomic mass is 16.4. The first-order valence-electron chi connectivity index (χ1n) is 5.99. The van der Waals surface area contributed by atoms with E-state index in [0.29, 0.717) is 13.0 Å². The van der Waals surface area contributed by atoms with Crippen LogP contribution in [0.5, 0.6) is 0 Å².